The van der Waals surface area contributed by atoms with E-state index in [4.69, 9.17) is 8.85 Å². The fourth-order valence-electron chi connectivity index (χ4n) is 1.22. The first-order chi connectivity index (χ1) is 9.14. The molecular formula is C16H37IO2Si2. The molecule has 0 spiro atoms. The molecule has 0 atom stereocenters. The Balaban J connectivity index is 4.51. The molecule has 0 aliphatic heterocycles. The minimum absolute atomic E-state index is 0.281. The van der Waals surface area contributed by atoms with Crippen LogP contribution in [-0.2, 0) is 8.85 Å². The van der Waals surface area contributed by atoms with Gasteiger partial charge in [0.05, 0.1) is 0 Å². The Hall–Kier alpha value is 1.08. The summed E-state index contributed by atoms with van der Waals surface area (Å²) in [5.74, 6) is 0.508. The van der Waals surface area contributed by atoms with Crippen molar-refractivity contribution in [2.24, 2.45) is 5.92 Å². The summed E-state index contributed by atoms with van der Waals surface area (Å²) in [7, 11) is -3.29. The van der Waals surface area contributed by atoms with Crippen molar-refractivity contribution >= 4 is 39.2 Å². The third kappa shape index (κ3) is 7.02. The van der Waals surface area contributed by atoms with E-state index >= 15 is 0 Å². The topological polar surface area (TPSA) is 18.5 Å². The number of halogens is 1. The highest BCUT2D eigenvalue weighted by Crippen LogP contribution is 2.38. The van der Waals surface area contributed by atoms with Crippen molar-refractivity contribution < 1.29 is 8.85 Å². The van der Waals surface area contributed by atoms with E-state index in [2.05, 4.69) is 90.3 Å². The zero-order valence-electron chi connectivity index (χ0n) is 15.9. The van der Waals surface area contributed by atoms with Crippen molar-refractivity contribution in [2.45, 2.75) is 77.8 Å². The normalized spacial score (nSPS) is 14.9. The predicted molar refractivity (Wildman–Crippen MR) is 109 cm³/mol. The largest absolute Gasteiger partial charge is 0.416 e. The van der Waals surface area contributed by atoms with Crippen LogP contribution < -0.4 is 0 Å². The van der Waals surface area contributed by atoms with Crippen LogP contribution in [0.25, 0.3) is 0 Å². The summed E-state index contributed by atoms with van der Waals surface area (Å²) >= 11 is 2.47. The fraction of sp³-hybridized carbons (Fsp3) is 1.00. The minimum Gasteiger partial charge on any atom is -0.416 e. The lowest BCUT2D eigenvalue weighted by Crippen LogP contribution is -2.44. The number of hydrogen-bond donors (Lipinski definition) is 0. The molecule has 0 aliphatic carbocycles. The van der Waals surface area contributed by atoms with Crippen LogP contribution in [0.4, 0.5) is 0 Å². The van der Waals surface area contributed by atoms with E-state index in [1.807, 2.05) is 0 Å². The molecule has 0 N–H and O–H groups in total. The van der Waals surface area contributed by atoms with Crippen LogP contribution in [0, 0.1) is 5.92 Å². The molecule has 21 heavy (non-hydrogen) atoms. The van der Waals surface area contributed by atoms with E-state index in [1.165, 1.54) is 0 Å². The maximum absolute atomic E-state index is 6.37. The Labute approximate surface area is 149 Å². The van der Waals surface area contributed by atoms with Crippen LogP contribution >= 0.6 is 22.6 Å². The lowest BCUT2D eigenvalue weighted by Gasteiger charge is -2.39. The van der Waals surface area contributed by atoms with Gasteiger partial charge in [-0.2, -0.15) is 0 Å². The maximum Gasteiger partial charge on any atom is 0.191 e. The van der Waals surface area contributed by atoms with Gasteiger partial charge in [-0.05, 0) is 36.3 Å². The van der Waals surface area contributed by atoms with Crippen LogP contribution in [-0.4, -0.2) is 34.3 Å². The first-order valence-electron chi connectivity index (χ1n) is 7.98. The van der Waals surface area contributed by atoms with E-state index in [1.54, 1.807) is 0 Å². The highest BCUT2D eigenvalue weighted by Gasteiger charge is 2.39. The quantitative estimate of drug-likeness (QED) is 0.269. The second-order valence-corrected chi connectivity index (χ2v) is 19.7. The van der Waals surface area contributed by atoms with Crippen LogP contribution in [0.2, 0.25) is 36.3 Å². The summed E-state index contributed by atoms with van der Waals surface area (Å²) in [4.78, 5) is 0. The summed E-state index contributed by atoms with van der Waals surface area (Å²) in [6.07, 6.45) is 0. The van der Waals surface area contributed by atoms with Crippen molar-refractivity contribution in [1.29, 1.82) is 0 Å². The summed E-state index contributed by atoms with van der Waals surface area (Å²) in [5.41, 5.74) is 0. The van der Waals surface area contributed by atoms with E-state index in [-0.39, 0.29) is 10.1 Å². The summed E-state index contributed by atoms with van der Waals surface area (Å²) < 4.78 is 13.8. The number of rotatable bonds is 7. The smallest absolute Gasteiger partial charge is 0.191 e. The molecule has 128 valence electrons. The first kappa shape index (κ1) is 22.1. The lowest BCUT2D eigenvalue weighted by molar-refractivity contribution is 0.172. The highest BCUT2D eigenvalue weighted by atomic mass is 127. The third-order valence-electron chi connectivity index (χ3n) is 5.19. The van der Waals surface area contributed by atoms with Crippen LogP contribution in [0.15, 0.2) is 0 Å². The molecular weight excluding hydrogens is 407 g/mol. The van der Waals surface area contributed by atoms with E-state index in [9.17, 15) is 0 Å². The Morgan fingerprint density at radius 2 is 1.05 bits per heavy atom. The van der Waals surface area contributed by atoms with Crippen LogP contribution in [0.1, 0.15) is 41.5 Å². The van der Waals surface area contributed by atoms with Crippen molar-refractivity contribution in [3.05, 3.63) is 0 Å². The molecule has 0 amide bonds. The Morgan fingerprint density at radius 3 is 1.24 bits per heavy atom. The van der Waals surface area contributed by atoms with Crippen LogP contribution in [0.3, 0.4) is 0 Å². The molecule has 0 aromatic rings. The maximum atomic E-state index is 6.37. The van der Waals surface area contributed by atoms with Gasteiger partial charge in [-0.15, -0.1) is 0 Å². The first-order valence-corrected chi connectivity index (χ1v) is 15.3. The number of alkyl halides is 1. The molecule has 0 bridgehead atoms. The van der Waals surface area contributed by atoms with Gasteiger partial charge in [0.2, 0.25) is 0 Å². The van der Waals surface area contributed by atoms with Gasteiger partial charge in [-0.3, -0.25) is 0 Å². The molecule has 2 nitrogen and oxygen atoms in total. The number of hydrogen-bond acceptors (Lipinski definition) is 2. The van der Waals surface area contributed by atoms with Crippen molar-refractivity contribution in [3.63, 3.8) is 0 Å². The molecule has 0 unspecified atom stereocenters. The average molecular weight is 445 g/mol. The van der Waals surface area contributed by atoms with Crippen molar-refractivity contribution in [1.82, 2.24) is 0 Å². The van der Waals surface area contributed by atoms with Gasteiger partial charge in [0, 0.05) is 23.6 Å². The minimum atomic E-state index is -1.64. The van der Waals surface area contributed by atoms with Gasteiger partial charge < -0.3 is 8.85 Å². The zero-order valence-corrected chi connectivity index (χ0v) is 20.1. The van der Waals surface area contributed by atoms with Crippen molar-refractivity contribution in [3.8, 4) is 0 Å². The van der Waals surface area contributed by atoms with Gasteiger partial charge in [0.15, 0.2) is 16.6 Å². The van der Waals surface area contributed by atoms with Gasteiger partial charge in [-0.1, -0.05) is 64.1 Å². The molecule has 5 heteroatoms. The van der Waals surface area contributed by atoms with E-state index in [0.29, 0.717) is 5.92 Å². The summed E-state index contributed by atoms with van der Waals surface area (Å²) in [6.45, 7) is 24.8. The fourth-order valence-corrected chi connectivity index (χ4v) is 3.90. The van der Waals surface area contributed by atoms with Crippen molar-refractivity contribution in [2.75, 3.05) is 17.6 Å². The standard InChI is InChI=1S/C16H37IO2Si2/c1-15(2,3)20(7,8)18-12-14(11-17)13-19-21(9,10)16(4,5)6/h14H,11-13H2,1-10H3. The highest BCUT2D eigenvalue weighted by molar-refractivity contribution is 14.1. The molecule has 0 heterocycles. The Morgan fingerprint density at radius 1 is 0.762 bits per heavy atom. The average Bonchev–Trinajstić information content (AvgIpc) is 2.26. The molecule has 0 aromatic heterocycles. The molecule has 0 aromatic carbocycles. The van der Waals surface area contributed by atoms with E-state index < -0.39 is 16.6 Å². The molecule has 0 saturated heterocycles. The zero-order chi connectivity index (χ0) is 17.1. The Bertz CT molecular complexity index is 287. The lowest BCUT2D eigenvalue weighted by atomic mass is 10.2. The Kier molecular flexibility index (Phi) is 8.17. The third-order valence-corrected chi connectivity index (χ3v) is 15.4. The second kappa shape index (κ2) is 7.77. The molecule has 0 saturated carbocycles. The molecule has 0 rings (SSSR count). The van der Waals surface area contributed by atoms with E-state index in [0.717, 1.165) is 17.6 Å². The monoisotopic (exact) mass is 444 g/mol. The molecule has 0 radical (unpaired) electrons. The summed E-state index contributed by atoms with van der Waals surface area (Å²) in [6, 6.07) is 0. The van der Waals surface area contributed by atoms with Gasteiger partial charge in [0.25, 0.3) is 0 Å². The van der Waals surface area contributed by atoms with Gasteiger partial charge in [-0.25, -0.2) is 0 Å². The summed E-state index contributed by atoms with van der Waals surface area (Å²) in [5, 5.41) is 0.562. The molecule has 0 aliphatic rings. The SMILES string of the molecule is CC(C)(C)[Si](C)(C)OCC(CI)CO[Si](C)(C)C(C)(C)C. The van der Waals surface area contributed by atoms with Gasteiger partial charge in [0.1, 0.15) is 0 Å². The van der Waals surface area contributed by atoms with Crippen LogP contribution in [0.5, 0.6) is 0 Å². The molecule has 0 fully saturated rings. The van der Waals surface area contributed by atoms with Gasteiger partial charge >= 0.3 is 0 Å². The predicted octanol–water partition coefficient (Wildman–Crippen LogP) is 6.08. The second-order valence-electron chi connectivity index (χ2n) is 9.16.